The number of nitrogens with one attached hydrogen (secondary N) is 3. The van der Waals surface area contributed by atoms with Crippen molar-refractivity contribution in [2.75, 3.05) is 72.6 Å². The molecule has 1 fully saturated rings. The molecule has 1 aromatic heterocycles. The van der Waals surface area contributed by atoms with Crippen LogP contribution in [0.5, 0.6) is 0 Å². The average Bonchev–Trinajstić information content (AvgIpc) is 3.72. The first-order chi connectivity index (χ1) is 30.7. The van der Waals surface area contributed by atoms with Crippen molar-refractivity contribution in [3.63, 3.8) is 0 Å². The molecule has 1 saturated heterocycles. The number of aliphatic hydroxyl groups excluding tert-OH is 4. The van der Waals surface area contributed by atoms with Crippen LogP contribution in [0.25, 0.3) is 0 Å². The fourth-order valence-corrected chi connectivity index (χ4v) is 6.50. The quantitative estimate of drug-likeness (QED) is 0.0421. The van der Waals surface area contributed by atoms with Crippen LogP contribution in [0.4, 0.5) is 8.78 Å². The van der Waals surface area contributed by atoms with E-state index in [1.54, 1.807) is 4.68 Å². The molecule has 3 amide bonds. The van der Waals surface area contributed by atoms with E-state index >= 15 is 0 Å². The summed E-state index contributed by atoms with van der Waals surface area (Å²) in [5.74, 6) is -5.80. The molecule has 0 bridgehead atoms. The molecule has 6 atom stereocenters. The molecule has 1 aliphatic rings. The van der Waals surface area contributed by atoms with Gasteiger partial charge in [0, 0.05) is 38.5 Å². The number of alkyl halides is 2. The van der Waals surface area contributed by atoms with Gasteiger partial charge in [-0.25, -0.2) is 13.6 Å². The SMILES string of the molecule is CC(=O)NCCOCCOCCOCCOCc1cn(CCCCCCCCO[C@]2(C(=O)O)C[C@H](O)[C@@H](NC(=O)CO)[C@H]([C@H](O)[C@H](O)CNC(=O)Cc3ccc(C(F)F)cc3)O2)nn1. The predicted molar refractivity (Wildman–Crippen MR) is 219 cm³/mol. The molecule has 1 aromatic carbocycles. The fraction of sp³-hybridized carbons (Fsp3) is 0.707. The number of aromatic nitrogens is 3. The maximum atomic E-state index is 12.9. The normalized spacial score (nSPS) is 19.6. The van der Waals surface area contributed by atoms with E-state index in [0.29, 0.717) is 90.0 Å². The van der Waals surface area contributed by atoms with Gasteiger partial charge in [0.25, 0.3) is 12.2 Å². The first kappa shape index (κ1) is 54.0. The molecular weight excluding hydrogens is 854 g/mol. The van der Waals surface area contributed by atoms with Gasteiger partial charge in [0.05, 0.1) is 90.3 Å². The number of carboxylic acid groups (broad SMARTS) is 1. The van der Waals surface area contributed by atoms with Crippen LogP contribution in [-0.2, 0) is 67.2 Å². The van der Waals surface area contributed by atoms with Crippen molar-refractivity contribution in [2.45, 2.75) is 114 Å². The zero-order valence-corrected chi connectivity index (χ0v) is 36.1. The first-order valence-corrected chi connectivity index (χ1v) is 21.3. The number of carboxylic acids is 1. The second-order valence-electron chi connectivity index (χ2n) is 15.1. The van der Waals surface area contributed by atoms with Gasteiger partial charge in [-0.05, 0) is 18.4 Å². The van der Waals surface area contributed by atoms with Gasteiger partial charge in [0.2, 0.25) is 17.7 Å². The second-order valence-corrected chi connectivity index (χ2v) is 15.1. The van der Waals surface area contributed by atoms with E-state index in [-0.39, 0.29) is 24.5 Å². The number of benzene rings is 1. The number of rotatable bonds is 34. The van der Waals surface area contributed by atoms with Crippen molar-refractivity contribution in [1.82, 2.24) is 30.9 Å². The number of hydrogen-bond acceptors (Lipinski definition) is 16. The molecule has 0 saturated carbocycles. The number of nitrogens with zero attached hydrogens (tertiary/aromatic N) is 3. The summed E-state index contributed by atoms with van der Waals surface area (Å²) >= 11 is 0. The maximum absolute atomic E-state index is 12.9. The van der Waals surface area contributed by atoms with Crippen LogP contribution < -0.4 is 16.0 Å². The summed E-state index contributed by atoms with van der Waals surface area (Å²) in [5, 5.41) is 68.0. The van der Waals surface area contributed by atoms with Crippen molar-refractivity contribution in [3.8, 4) is 0 Å². The Morgan fingerprint density at radius 3 is 2.12 bits per heavy atom. The third kappa shape index (κ3) is 20.3. The van der Waals surface area contributed by atoms with E-state index in [4.69, 9.17) is 28.4 Å². The van der Waals surface area contributed by atoms with Gasteiger partial charge in [-0.3, -0.25) is 19.1 Å². The first-order valence-electron chi connectivity index (χ1n) is 21.3. The lowest BCUT2D eigenvalue weighted by Gasteiger charge is -2.46. The van der Waals surface area contributed by atoms with Gasteiger partial charge in [-0.1, -0.05) is 55.2 Å². The van der Waals surface area contributed by atoms with Gasteiger partial charge in [-0.15, -0.1) is 5.10 Å². The maximum Gasteiger partial charge on any atom is 0.364 e. The number of aryl methyl sites for hydroxylation is 1. The molecule has 0 spiro atoms. The number of unbranched alkanes of at least 4 members (excludes halogenated alkanes) is 5. The number of carbonyl (C=O) groups excluding carboxylic acids is 3. The third-order valence-corrected chi connectivity index (χ3v) is 9.89. The van der Waals surface area contributed by atoms with E-state index < -0.39 is 80.0 Å². The molecule has 21 nitrogen and oxygen atoms in total. The van der Waals surface area contributed by atoms with Crippen LogP contribution in [0, 0.1) is 0 Å². The Labute approximate surface area is 370 Å². The van der Waals surface area contributed by atoms with Crippen molar-refractivity contribution in [2.24, 2.45) is 0 Å². The number of halogens is 2. The van der Waals surface area contributed by atoms with Crippen LogP contribution in [-0.4, -0.2) is 173 Å². The van der Waals surface area contributed by atoms with Crippen LogP contribution >= 0.6 is 0 Å². The Bertz CT molecular complexity index is 1660. The van der Waals surface area contributed by atoms with E-state index in [0.717, 1.165) is 25.7 Å². The van der Waals surface area contributed by atoms with Gasteiger partial charge >= 0.3 is 5.97 Å². The number of carbonyl (C=O) groups is 4. The van der Waals surface area contributed by atoms with Crippen molar-refractivity contribution in [3.05, 3.63) is 47.3 Å². The minimum atomic E-state index is -2.68. The van der Waals surface area contributed by atoms with Crippen LogP contribution in [0.1, 0.15) is 75.1 Å². The zero-order valence-electron chi connectivity index (χ0n) is 36.1. The average molecular weight is 919 g/mol. The Morgan fingerprint density at radius 2 is 1.50 bits per heavy atom. The van der Waals surface area contributed by atoms with E-state index in [2.05, 4.69) is 26.3 Å². The molecule has 0 aliphatic carbocycles. The minimum absolute atomic E-state index is 0.0964. The van der Waals surface area contributed by atoms with Crippen molar-refractivity contribution < 1.29 is 81.9 Å². The third-order valence-electron chi connectivity index (χ3n) is 9.89. The molecule has 64 heavy (non-hydrogen) atoms. The van der Waals surface area contributed by atoms with Crippen molar-refractivity contribution in [1.29, 1.82) is 0 Å². The smallest absolute Gasteiger partial charge is 0.364 e. The summed E-state index contributed by atoms with van der Waals surface area (Å²) in [6.45, 7) is 4.12. The van der Waals surface area contributed by atoms with E-state index in [1.807, 2.05) is 6.20 Å². The minimum Gasteiger partial charge on any atom is -0.477 e. The van der Waals surface area contributed by atoms with Gasteiger partial charge < -0.3 is 69.9 Å². The number of amides is 3. The van der Waals surface area contributed by atoms with E-state index in [9.17, 15) is 53.5 Å². The highest BCUT2D eigenvalue weighted by molar-refractivity contribution is 5.79. The van der Waals surface area contributed by atoms with Crippen LogP contribution in [0.3, 0.4) is 0 Å². The number of ether oxygens (including phenoxy) is 6. The van der Waals surface area contributed by atoms with E-state index in [1.165, 1.54) is 31.2 Å². The topological polar surface area (TPSA) is 292 Å². The summed E-state index contributed by atoms with van der Waals surface area (Å²) in [6.07, 6.45) is -4.47. The van der Waals surface area contributed by atoms with Gasteiger partial charge in [0.1, 0.15) is 24.5 Å². The Kier molecular flexibility index (Phi) is 25.3. The number of aliphatic hydroxyl groups is 4. The molecule has 3 rings (SSSR count). The van der Waals surface area contributed by atoms with Gasteiger partial charge in [-0.2, -0.15) is 0 Å². The monoisotopic (exact) mass is 918 g/mol. The Hall–Kier alpha value is -4.30. The Morgan fingerprint density at radius 1 is 0.875 bits per heavy atom. The molecule has 23 heteroatoms. The molecule has 0 radical (unpaired) electrons. The molecule has 0 unspecified atom stereocenters. The van der Waals surface area contributed by atoms with Crippen molar-refractivity contribution >= 4 is 23.7 Å². The molecule has 8 N–H and O–H groups in total. The predicted octanol–water partition coefficient (Wildman–Crippen LogP) is -0.236. The van der Waals surface area contributed by atoms with Crippen LogP contribution in [0.15, 0.2) is 30.5 Å². The lowest BCUT2D eigenvalue weighted by molar-refractivity contribution is -0.310. The molecule has 362 valence electrons. The highest BCUT2D eigenvalue weighted by Crippen LogP contribution is 2.34. The molecule has 1 aliphatic heterocycles. The highest BCUT2D eigenvalue weighted by atomic mass is 19.3. The standard InChI is InChI=1S/C41H64F2N6O15/c1-28(51)44-12-15-59-16-17-60-18-19-61-20-21-62-27-31-25-49(48-47-31)13-6-4-2-3-5-7-14-63-41(40(57)58)23-32(52)36(46-35(55)26-50)38(64-41)37(56)33(53)24-45-34(54)22-29-8-10-30(11-9-29)39(42)43/h8-11,25,32-33,36-39,50,52-53,56H,2-7,12-24,26-27H2,1H3,(H,44,51)(H,45,54)(H,46,55)(H,57,58)/t32-,33+,36+,37+,38+,41+/m0/s1. The fourth-order valence-electron chi connectivity index (χ4n) is 6.50. The summed E-state index contributed by atoms with van der Waals surface area (Å²) in [4.78, 5) is 47.9. The summed E-state index contributed by atoms with van der Waals surface area (Å²) < 4.78 is 60.7. The van der Waals surface area contributed by atoms with Crippen LogP contribution in [0.2, 0.25) is 0 Å². The molecular formula is C41H64F2N6O15. The highest BCUT2D eigenvalue weighted by Gasteiger charge is 2.55. The second kappa shape index (κ2) is 30.0. The molecule has 2 heterocycles. The summed E-state index contributed by atoms with van der Waals surface area (Å²) in [7, 11) is 0. The molecule has 2 aromatic rings. The largest absolute Gasteiger partial charge is 0.477 e. The lowest BCUT2D eigenvalue weighted by atomic mass is 9.88. The zero-order chi connectivity index (χ0) is 46.7. The summed E-state index contributed by atoms with van der Waals surface area (Å²) in [5.41, 5.74) is 0.877. The van der Waals surface area contributed by atoms with Gasteiger partial charge in [0.15, 0.2) is 0 Å². The lowest BCUT2D eigenvalue weighted by Crippen LogP contribution is -2.68. The Balaban J connectivity index is 1.32. The number of hydrogen-bond donors (Lipinski definition) is 8. The number of aliphatic carboxylic acids is 1. The summed E-state index contributed by atoms with van der Waals surface area (Å²) in [6, 6.07) is 3.56.